The van der Waals surface area contributed by atoms with Crippen molar-refractivity contribution in [1.29, 1.82) is 0 Å². The monoisotopic (exact) mass is 354 g/mol. The molecule has 3 aromatic heterocycles. The standard InChI is InChI=1S/C13H12Cl2N6O2/c1-22-7-3-17-6(10(23-2)8(7)14)4-21-5-18-9-11(15)19-13(16)20-12(9)21/h3,5H,4H2,1-2H3,(H2,16,19,20). The zero-order valence-corrected chi connectivity index (χ0v) is 13.8. The number of pyridine rings is 1. The van der Waals surface area contributed by atoms with E-state index in [9.17, 15) is 0 Å². The number of nitrogens with zero attached hydrogens (tertiary/aromatic N) is 5. The van der Waals surface area contributed by atoms with E-state index in [1.165, 1.54) is 20.4 Å². The first-order chi connectivity index (χ1) is 11.0. The van der Waals surface area contributed by atoms with E-state index in [-0.39, 0.29) is 11.1 Å². The molecule has 0 amide bonds. The molecule has 0 unspecified atom stereocenters. The van der Waals surface area contributed by atoms with Crippen LogP contribution in [0.5, 0.6) is 11.5 Å². The summed E-state index contributed by atoms with van der Waals surface area (Å²) in [5.41, 5.74) is 7.18. The molecule has 2 N–H and O–H groups in total. The topological polar surface area (TPSA) is 101 Å². The molecule has 0 saturated heterocycles. The van der Waals surface area contributed by atoms with Crippen LogP contribution in [0, 0.1) is 0 Å². The van der Waals surface area contributed by atoms with E-state index in [0.717, 1.165) is 0 Å². The van der Waals surface area contributed by atoms with Gasteiger partial charge in [-0.15, -0.1) is 0 Å². The van der Waals surface area contributed by atoms with Gasteiger partial charge in [-0.1, -0.05) is 23.2 Å². The van der Waals surface area contributed by atoms with Gasteiger partial charge in [0.25, 0.3) is 0 Å². The van der Waals surface area contributed by atoms with Crippen LogP contribution < -0.4 is 15.2 Å². The smallest absolute Gasteiger partial charge is 0.223 e. The lowest BCUT2D eigenvalue weighted by molar-refractivity contribution is 0.386. The van der Waals surface area contributed by atoms with Crippen molar-refractivity contribution >= 4 is 40.3 Å². The van der Waals surface area contributed by atoms with Gasteiger partial charge in [-0.2, -0.15) is 9.97 Å². The lowest BCUT2D eigenvalue weighted by atomic mass is 10.3. The summed E-state index contributed by atoms with van der Waals surface area (Å²) in [5.74, 6) is 0.912. The van der Waals surface area contributed by atoms with Crippen LogP contribution >= 0.6 is 23.2 Å². The van der Waals surface area contributed by atoms with Gasteiger partial charge in [0.1, 0.15) is 16.2 Å². The Hall–Kier alpha value is -2.32. The summed E-state index contributed by atoms with van der Waals surface area (Å²) in [6, 6.07) is 0. The van der Waals surface area contributed by atoms with E-state index in [2.05, 4.69) is 19.9 Å². The molecule has 10 heteroatoms. The second-order valence-corrected chi connectivity index (χ2v) is 5.27. The third-order valence-corrected chi connectivity index (χ3v) is 3.82. The molecule has 3 aromatic rings. The summed E-state index contributed by atoms with van der Waals surface area (Å²) in [6.07, 6.45) is 3.10. The van der Waals surface area contributed by atoms with E-state index in [4.69, 9.17) is 38.4 Å². The molecule has 3 heterocycles. The number of halogens is 2. The number of anilines is 1. The van der Waals surface area contributed by atoms with Gasteiger partial charge in [0, 0.05) is 0 Å². The first-order valence-electron chi connectivity index (χ1n) is 6.44. The Balaban J connectivity index is 2.08. The minimum Gasteiger partial charge on any atom is -0.493 e. The molecule has 0 aliphatic heterocycles. The molecule has 23 heavy (non-hydrogen) atoms. The Morgan fingerprint density at radius 3 is 2.65 bits per heavy atom. The molecule has 0 aliphatic rings. The van der Waals surface area contributed by atoms with Gasteiger partial charge in [-0.3, -0.25) is 4.98 Å². The molecule has 0 saturated carbocycles. The average molecular weight is 355 g/mol. The minimum absolute atomic E-state index is 0.0666. The predicted molar refractivity (Wildman–Crippen MR) is 86.2 cm³/mol. The highest BCUT2D eigenvalue weighted by Gasteiger charge is 2.17. The number of imidazole rings is 1. The highest BCUT2D eigenvalue weighted by Crippen LogP contribution is 2.35. The summed E-state index contributed by atoms with van der Waals surface area (Å²) in [6.45, 7) is 0.316. The Kier molecular flexibility index (Phi) is 4.10. The molecule has 3 rings (SSSR count). The summed E-state index contributed by atoms with van der Waals surface area (Å²) in [7, 11) is 3.02. The van der Waals surface area contributed by atoms with Crippen molar-refractivity contribution in [2.75, 3.05) is 20.0 Å². The summed E-state index contributed by atoms with van der Waals surface area (Å²) >= 11 is 12.3. The summed E-state index contributed by atoms with van der Waals surface area (Å²) in [4.78, 5) is 16.5. The van der Waals surface area contributed by atoms with Gasteiger partial charge in [0.2, 0.25) is 5.95 Å². The molecule has 0 fully saturated rings. The average Bonchev–Trinajstić information content (AvgIpc) is 2.91. The second-order valence-electron chi connectivity index (χ2n) is 4.54. The first kappa shape index (κ1) is 15.6. The van der Waals surface area contributed by atoms with Gasteiger partial charge in [0.15, 0.2) is 22.3 Å². The second kappa shape index (κ2) is 6.05. The van der Waals surface area contributed by atoms with Crippen LogP contribution in [0.4, 0.5) is 5.95 Å². The number of hydrogen-bond acceptors (Lipinski definition) is 7. The molecule has 0 radical (unpaired) electrons. The molecule has 120 valence electrons. The van der Waals surface area contributed by atoms with Gasteiger partial charge in [-0.25, -0.2) is 4.98 Å². The van der Waals surface area contributed by atoms with Crippen molar-refractivity contribution in [3.63, 3.8) is 0 Å². The van der Waals surface area contributed by atoms with Crippen molar-refractivity contribution < 1.29 is 9.47 Å². The van der Waals surface area contributed by atoms with Crippen molar-refractivity contribution in [2.24, 2.45) is 0 Å². The number of aromatic nitrogens is 5. The van der Waals surface area contributed by atoms with Crippen molar-refractivity contribution in [2.45, 2.75) is 6.54 Å². The van der Waals surface area contributed by atoms with Crippen LogP contribution in [0.3, 0.4) is 0 Å². The van der Waals surface area contributed by atoms with E-state index in [1.807, 2.05) is 0 Å². The highest BCUT2D eigenvalue weighted by atomic mass is 35.5. The number of nitrogens with two attached hydrogens (primary N) is 1. The van der Waals surface area contributed by atoms with Gasteiger partial charge >= 0.3 is 0 Å². The lowest BCUT2D eigenvalue weighted by Gasteiger charge is -2.12. The zero-order valence-electron chi connectivity index (χ0n) is 12.2. The maximum atomic E-state index is 6.24. The third-order valence-electron chi connectivity index (χ3n) is 3.20. The van der Waals surface area contributed by atoms with Crippen molar-refractivity contribution in [1.82, 2.24) is 24.5 Å². The normalized spacial score (nSPS) is 11.0. The van der Waals surface area contributed by atoms with Crippen molar-refractivity contribution in [3.05, 3.63) is 28.4 Å². The SMILES string of the molecule is COc1cnc(Cn2cnc3c(Cl)nc(N)nc32)c(OC)c1Cl. The first-order valence-corrected chi connectivity index (χ1v) is 7.20. The van der Waals surface area contributed by atoms with Crippen molar-refractivity contribution in [3.8, 4) is 11.5 Å². The Labute approximate surface area is 141 Å². The van der Waals surface area contributed by atoms with E-state index >= 15 is 0 Å². The van der Waals surface area contributed by atoms with E-state index < -0.39 is 0 Å². The van der Waals surface area contributed by atoms with Crippen LogP contribution in [-0.2, 0) is 6.54 Å². The number of ether oxygens (including phenoxy) is 2. The number of methoxy groups -OCH3 is 2. The predicted octanol–water partition coefficient (Wildman–Crippen LogP) is 2.18. The van der Waals surface area contributed by atoms with Crippen LogP contribution in [0.15, 0.2) is 12.5 Å². The van der Waals surface area contributed by atoms with Crippen LogP contribution in [0.1, 0.15) is 5.69 Å². The van der Waals surface area contributed by atoms with Crippen LogP contribution in [-0.4, -0.2) is 38.7 Å². The fraction of sp³-hybridized carbons (Fsp3) is 0.231. The fourth-order valence-corrected chi connectivity index (χ4v) is 2.69. The third kappa shape index (κ3) is 2.71. The number of fused-ring (bicyclic) bond motifs is 1. The fourth-order valence-electron chi connectivity index (χ4n) is 2.16. The minimum atomic E-state index is 0.0666. The number of rotatable bonds is 4. The summed E-state index contributed by atoms with van der Waals surface area (Å²) in [5, 5.41) is 0.538. The number of nitrogen functional groups attached to an aromatic ring is 1. The Morgan fingerprint density at radius 2 is 1.96 bits per heavy atom. The number of hydrogen-bond donors (Lipinski definition) is 1. The summed E-state index contributed by atoms with van der Waals surface area (Å²) < 4.78 is 12.2. The van der Waals surface area contributed by atoms with Gasteiger partial charge in [-0.05, 0) is 0 Å². The van der Waals surface area contributed by atoms with Crippen LogP contribution in [0.25, 0.3) is 11.2 Å². The molecular formula is C13H12Cl2N6O2. The maximum Gasteiger partial charge on any atom is 0.223 e. The maximum absolute atomic E-state index is 6.24. The molecule has 0 aliphatic carbocycles. The Morgan fingerprint density at radius 1 is 1.17 bits per heavy atom. The van der Waals surface area contributed by atoms with E-state index in [1.54, 1.807) is 10.9 Å². The van der Waals surface area contributed by atoms with Gasteiger partial charge in [0.05, 0.1) is 33.3 Å². The van der Waals surface area contributed by atoms with E-state index in [0.29, 0.717) is 39.9 Å². The molecule has 0 atom stereocenters. The highest BCUT2D eigenvalue weighted by molar-refractivity contribution is 6.34. The molecule has 8 nitrogen and oxygen atoms in total. The van der Waals surface area contributed by atoms with Crippen LogP contribution in [0.2, 0.25) is 10.2 Å². The molecular weight excluding hydrogens is 343 g/mol. The lowest BCUT2D eigenvalue weighted by Crippen LogP contribution is -2.06. The quantitative estimate of drug-likeness (QED) is 0.716. The zero-order chi connectivity index (χ0) is 16.6. The molecule has 0 spiro atoms. The molecule has 0 aromatic carbocycles. The Bertz CT molecular complexity index is 883. The largest absolute Gasteiger partial charge is 0.493 e. The molecule has 0 bridgehead atoms. The van der Waals surface area contributed by atoms with Gasteiger partial charge < -0.3 is 19.8 Å².